The highest BCUT2D eigenvalue weighted by atomic mass is 35.5. The van der Waals surface area contributed by atoms with Gasteiger partial charge in [0.25, 0.3) is 0 Å². The first-order chi connectivity index (χ1) is 9.89. The molecular formula is C17H28ClN3. The SMILES string of the molecule is CNC(C)c1ccc(N(C)CC2(N(C)C)CCC2)cc1Cl. The van der Waals surface area contributed by atoms with Crippen molar-refractivity contribution in [3.05, 3.63) is 28.8 Å². The molecule has 2 rings (SSSR count). The van der Waals surface area contributed by atoms with Crippen molar-refractivity contribution in [2.24, 2.45) is 0 Å². The molecule has 3 nitrogen and oxygen atoms in total. The molecule has 0 bridgehead atoms. The zero-order valence-corrected chi connectivity index (χ0v) is 14.7. The van der Waals surface area contributed by atoms with E-state index in [2.05, 4.69) is 61.4 Å². The Morgan fingerprint density at radius 1 is 1.29 bits per heavy atom. The van der Waals surface area contributed by atoms with E-state index < -0.39 is 0 Å². The van der Waals surface area contributed by atoms with Crippen LogP contribution in [0.2, 0.25) is 5.02 Å². The lowest BCUT2D eigenvalue weighted by atomic mass is 9.75. The van der Waals surface area contributed by atoms with Crippen molar-refractivity contribution in [1.29, 1.82) is 0 Å². The minimum absolute atomic E-state index is 0.275. The van der Waals surface area contributed by atoms with Crippen LogP contribution in [0.25, 0.3) is 0 Å². The molecule has 1 aromatic rings. The van der Waals surface area contributed by atoms with Gasteiger partial charge in [-0.25, -0.2) is 0 Å². The van der Waals surface area contributed by atoms with Crippen LogP contribution in [-0.2, 0) is 0 Å². The molecule has 1 N–H and O–H groups in total. The molecule has 1 aliphatic carbocycles. The van der Waals surface area contributed by atoms with E-state index in [0.29, 0.717) is 5.54 Å². The van der Waals surface area contributed by atoms with E-state index in [-0.39, 0.29) is 6.04 Å². The highest BCUT2D eigenvalue weighted by molar-refractivity contribution is 6.31. The van der Waals surface area contributed by atoms with Crippen LogP contribution in [0.4, 0.5) is 5.69 Å². The number of rotatable bonds is 6. The Labute approximate surface area is 134 Å². The standard InChI is InChI=1S/C17H28ClN3/c1-13(19-2)15-8-7-14(11-16(15)18)21(5)12-17(20(3)4)9-6-10-17/h7-8,11,13,19H,6,9-10,12H2,1-5H3. The molecule has 1 atom stereocenters. The van der Waals surface area contributed by atoms with Gasteiger partial charge in [0.15, 0.2) is 0 Å². The molecule has 118 valence electrons. The lowest BCUT2D eigenvalue weighted by Gasteiger charge is -2.49. The Kier molecular flexibility index (Phi) is 5.18. The van der Waals surface area contributed by atoms with Crippen molar-refractivity contribution < 1.29 is 0 Å². The third-order valence-corrected chi connectivity index (χ3v) is 5.42. The van der Waals surface area contributed by atoms with Crippen molar-refractivity contribution in [3.63, 3.8) is 0 Å². The monoisotopic (exact) mass is 309 g/mol. The van der Waals surface area contributed by atoms with Crippen LogP contribution >= 0.6 is 11.6 Å². The highest BCUT2D eigenvalue weighted by Gasteiger charge is 2.39. The number of benzene rings is 1. The lowest BCUT2D eigenvalue weighted by molar-refractivity contribution is 0.0683. The first-order valence-corrected chi connectivity index (χ1v) is 8.13. The molecule has 0 aliphatic heterocycles. The summed E-state index contributed by atoms with van der Waals surface area (Å²) in [6.07, 6.45) is 3.91. The van der Waals surface area contributed by atoms with Gasteiger partial charge in [-0.3, -0.25) is 0 Å². The van der Waals surface area contributed by atoms with Crippen LogP contribution in [0.1, 0.15) is 37.8 Å². The van der Waals surface area contributed by atoms with Gasteiger partial charge >= 0.3 is 0 Å². The molecule has 21 heavy (non-hydrogen) atoms. The van der Waals surface area contributed by atoms with E-state index in [9.17, 15) is 0 Å². The third-order valence-electron chi connectivity index (χ3n) is 5.09. The number of likely N-dealkylation sites (N-methyl/N-ethyl adjacent to an activating group) is 2. The van der Waals surface area contributed by atoms with Gasteiger partial charge in [0.05, 0.1) is 0 Å². The summed E-state index contributed by atoms with van der Waals surface area (Å²) in [5, 5.41) is 4.08. The average Bonchev–Trinajstić information content (AvgIpc) is 2.41. The van der Waals surface area contributed by atoms with E-state index in [4.69, 9.17) is 11.6 Å². The second kappa shape index (κ2) is 6.55. The molecule has 0 aromatic heterocycles. The molecule has 0 amide bonds. The summed E-state index contributed by atoms with van der Waals surface area (Å²) in [7, 11) is 8.50. The molecule has 1 saturated carbocycles. The van der Waals surface area contributed by atoms with Crippen molar-refractivity contribution >= 4 is 17.3 Å². The van der Waals surface area contributed by atoms with E-state index in [1.807, 2.05) is 7.05 Å². The van der Waals surface area contributed by atoms with Crippen molar-refractivity contribution in [2.75, 3.05) is 39.6 Å². The van der Waals surface area contributed by atoms with Crippen LogP contribution in [0, 0.1) is 0 Å². The molecule has 1 fully saturated rings. The maximum Gasteiger partial charge on any atom is 0.0474 e. The van der Waals surface area contributed by atoms with Gasteiger partial charge in [0, 0.05) is 35.9 Å². The molecule has 0 spiro atoms. The summed E-state index contributed by atoms with van der Waals surface area (Å²) < 4.78 is 0. The summed E-state index contributed by atoms with van der Waals surface area (Å²) in [4.78, 5) is 4.71. The zero-order valence-electron chi connectivity index (χ0n) is 13.9. The predicted molar refractivity (Wildman–Crippen MR) is 92.5 cm³/mol. The second-order valence-electron chi connectivity index (χ2n) is 6.54. The molecule has 1 aliphatic rings. The molecule has 4 heteroatoms. The normalized spacial score (nSPS) is 18.4. The van der Waals surface area contributed by atoms with Gasteiger partial charge in [-0.1, -0.05) is 17.7 Å². The van der Waals surface area contributed by atoms with Crippen LogP contribution < -0.4 is 10.2 Å². The van der Waals surface area contributed by atoms with Crippen LogP contribution in [0.5, 0.6) is 0 Å². The fourth-order valence-corrected chi connectivity index (χ4v) is 3.46. The van der Waals surface area contributed by atoms with Crippen molar-refractivity contribution in [3.8, 4) is 0 Å². The van der Waals surface area contributed by atoms with Crippen LogP contribution in [-0.4, -0.2) is 45.2 Å². The van der Waals surface area contributed by atoms with Gasteiger partial charge in [-0.05, 0) is 65.0 Å². The van der Waals surface area contributed by atoms with E-state index >= 15 is 0 Å². The molecule has 1 aromatic carbocycles. The Morgan fingerprint density at radius 3 is 2.38 bits per heavy atom. The van der Waals surface area contributed by atoms with Crippen molar-refractivity contribution in [2.45, 2.75) is 37.8 Å². The largest absolute Gasteiger partial charge is 0.373 e. The summed E-state index contributed by atoms with van der Waals surface area (Å²) >= 11 is 6.45. The van der Waals surface area contributed by atoms with Crippen LogP contribution in [0.15, 0.2) is 18.2 Å². The zero-order chi connectivity index (χ0) is 15.6. The number of hydrogen-bond donors (Lipinski definition) is 1. The number of nitrogens with one attached hydrogen (secondary N) is 1. The highest BCUT2D eigenvalue weighted by Crippen LogP contribution is 2.38. The van der Waals surface area contributed by atoms with Gasteiger partial charge in [-0.15, -0.1) is 0 Å². The predicted octanol–water partition coefficient (Wildman–Crippen LogP) is 3.54. The molecule has 0 heterocycles. The summed E-state index contributed by atoms with van der Waals surface area (Å²) in [6.45, 7) is 3.18. The first-order valence-electron chi connectivity index (χ1n) is 7.75. The van der Waals surface area contributed by atoms with Crippen LogP contribution in [0.3, 0.4) is 0 Å². The Morgan fingerprint density at radius 2 is 1.95 bits per heavy atom. The number of hydrogen-bond acceptors (Lipinski definition) is 3. The smallest absolute Gasteiger partial charge is 0.0474 e. The molecule has 0 radical (unpaired) electrons. The average molecular weight is 310 g/mol. The minimum atomic E-state index is 0.275. The van der Waals surface area contributed by atoms with Gasteiger partial charge in [0.2, 0.25) is 0 Å². The summed E-state index contributed by atoms with van der Waals surface area (Å²) in [5.41, 5.74) is 2.68. The second-order valence-corrected chi connectivity index (χ2v) is 6.95. The first kappa shape index (κ1) is 16.6. The fourth-order valence-electron chi connectivity index (χ4n) is 3.12. The summed E-state index contributed by atoms with van der Waals surface area (Å²) in [6, 6.07) is 6.68. The van der Waals surface area contributed by atoms with E-state index in [1.165, 1.54) is 24.9 Å². The Hall–Kier alpha value is -0.770. The summed E-state index contributed by atoms with van der Waals surface area (Å²) in [5.74, 6) is 0. The topological polar surface area (TPSA) is 18.5 Å². The minimum Gasteiger partial charge on any atom is -0.373 e. The number of anilines is 1. The maximum absolute atomic E-state index is 6.45. The Balaban J connectivity index is 2.13. The fraction of sp³-hybridized carbons (Fsp3) is 0.647. The van der Waals surface area contributed by atoms with E-state index in [0.717, 1.165) is 17.1 Å². The van der Waals surface area contributed by atoms with Crippen molar-refractivity contribution in [1.82, 2.24) is 10.2 Å². The van der Waals surface area contributed by atoms with Gasteiger partial charge in [-0.2, -0.15) is 0 Å². The lowest BCUT2D eigenvalue weighted by Crippen LogP contribution is -2.56. The van der Waals surface area contributed by atoms with E-state index in [1.54, 1.807) is 0 Å². The maximum atomic E-state index is 6.45. The number of halogens is 1. The number of nitrogens with zero attached hydrogens (tertiary/aromatic N) is 2. The Bertz CT molecular complexity index is 483. The van der Waals surface area contributed by atoms with Gasteiger partial charge < -0.3 is 15.1 Å². The third kappa shape index (κ3) is 3.36. The molecular weight excluding hydrogens is 282 g/mol. The molecule has 0 saturated heterocycles. The van der Waals surface area contributed by atoms with Gasteiger partial charge in [0.1, 0.15) is 0 Å². The molecule has 1 unspecified atom stereocenters. The quantitative estimate of drug-likeness (QED) is 0.867.